The first-order chi connectivity index (χ1) is 11.2. The summed E-state index contributed by atoms with van der Waals surface area (Å²) in [5.41, 5.74) is 2.66. The Morgan fingerprint density at radius 3 is 2.57 bits per heavy atom. The predicted molar refractivity (Wildman–Crippen MR) is 96.1 cm³/mol. The van der Waals surface area contributed by atoms with Gasteiger partial charge in [0.2, 0.25) is 0 Å². The Morgan fingerprint density at radius 2 is 1.91 bits per heavy atom. The molecule has 0 heterocycles. The van der Waals surface area contributed by atoms with E-state index >= 15 is 0 Å². The molecule has 1 unspecified atom stereocenters. The van der Waals surface area contributed by atoms with Gasteiger partial charge in [0, 0.05) is 6.42 Å². The van der Waals surface area contributed by atoms with E-state index in [9.17, 15) is 4.79 Å². The van der Waals surface area contributed by atoms with Crippen molar-refractivity contribution < 1.29 is 9.53 Å². The van der Waals surface area contributed by atoms with Gasteiger partial charge in [-0.3, -0.25) is 4.79 Å². The van der Waals surface area contributed by atoms with E-state index in [1.54, 1.807) is 0 Å². The Hall–Kier alpha value is -1.31. The summed E-state index contributed by atoms with van der Waals surface area (Å²) in [6.45, 7) is 6.55. The fourth-order valence-corrected chi connectivity index (χ4v) is 3.68. The van der Waals surface area contributed by atoms with Gasteiger partial charge in [0.05, 0.1) is 0 Å². The van der Waals surface area contributed by atoms with E-state index in [0.717, 1.165) is 12.2 Å². The van der Waals surface area contributed by atoms with Crippen molar-refractivity contribution in [3.05, 3.63) is 29.3 Å². The summed E-state index contributed by atoms with van der Waals surface area (Å²) in [5.74, 6) is 1.84. The van der Waals surface area contributed by atoms with Crippen LogP contribution in [0, 0.1) is 0 Å². The zero-order valence-corrected chi connectivity index (χ0v) is 15.1. The Kier molecular flexibility index (Phi) is 7.14. The molecular weight excluding hydrogens is 284 g/mol. The van der Waals surface area contributed by atoms with Gasteiger partial charge in [-0.1, -0.05) is 58.6 Å². The van der Waals surface area contributed by atoms with E-state index in [0.29, 0.717) is 18.3 Å². The van der Waals surface area contributed by atoms with Crippen molar-refractivity contribution in [2.75, 3.05) is 0 Å². The first kappa shape index (κ1) is 18.0. The third-order valence-corrected chi connectivity index (χ3v) is 5.05. The lowest BCUT2D eigenvalue weighted by molar-refractivity contribution is -0.134. The molecule has 1 aromatic carbocycles. The molecule has 1 saturated carbocycles. The Morgan fingerprint density at radius 1 is 1.17 bits per heavy atom. The van der Waals surface area contributed by atoms with Gasteiger partial charge in [0.15, 0.2) is 0 Å². The number of hydrogen-bond donors (Lipinski definition) is 0. The molecule has 2 rings (SSSR count). The first-order valence-electron chi connectivity index (χ1n) is 9.50. The lowest BCUT2D eigenvalue weighted by Gasteiger charge is -2.25. The van der Waals surface area contributed by atoms with Crippen LogP contribution in [0.25, 0.3) is 0 Å². The average molecular weight is 316 g/mol. The lowest BCUT2D eigenvalue weighted by atomic mass is 9.82. The molecule has 1 atom stereocenters. The monoisotopic (exact) mass is 316 g/mol. The zero-order chi connectivity index (χ0) is 16.7. The van der Waals surface area contributed by atoms with Gasteiger partial charge in [0.25, 0.3) is 0 Å². The summed E-state index contributed by atoms with van der Waals surface area (Å²) in [4.78, 5) is 11.9. The highest BCUT2D eigenvalue weighted by molar-refractivity contribution is 5.72. The van der Waals surface area contributed by atoms with E-state index in [2.05, 4.69) is 26.0 Å². The van der Waals surface area contributed by atoms with Crippen LogP contribution in [0.5, 0.6) is 5.75 Å². The maximum absolute atomic E-state index is 11.9. The van der Waals surface area contributed by atoms with E-state index in [1.807, 2.05) is 13.0 Å². The summed E-state index contributed by atoms with van der Waals surface area (Å²) in [6, 6.07) is 6.52. The molecule has 23 heavy (non-hydrogen) atoms. The quantitative estimate of drug-likeness (QED) is 0.433. The van der Waals surface area contributed by atoms with Gasteiger partial charge in [-0.2, -0.15) is 0 Å². The molecule has 1 aromatic rings. The Balaban J connectivity index is 2.26. The van der Waals surface area contributed by atoms with Crippen molar-refractivity contribution in [1.29, 1.82) is 0 Å². The number of carbonyl (C=O) groups is 1. The standard InChI is InChI=1S/C21H32O2/c1-4-9-16(3)18-13-14-20(23-21(22)10-5-2)19(15-18)17-11-7-6-8-12-17/h13-17H,4-12H2,1-3H3. The molecular formula is C21H32O2. The van der Waals surface area contributed by atoms with Crippen LogP contribution >= 0.6 is 0 Å². The van der Waals surface area contributed by atoms with Crippen LogP contribution in [0.1, 0.15) is 102 Å². The normalized spacial score (nSPS) is 17.0. The van der Waals surface area contributed by atoms with E-state index in [1.165, 1.54) is 56.1 Å². The highest BCUT2D eigenvalue weighted by Gasteiger charge is 2.21. The van der Waals surface area contributed by atoms with E-state index < -0.39 is 0 Å². The van der Waals surface area contributed by atoms with Gasteiger partial charge in [0.1, 0.15) is 5.75 Å². The maximum Gasteiger partial charge on any atom is 0.311 e. The minimum Gasteiger partial charge on any atom is -0.426 e. The Bertz CT molecular complexity index is 501. The van der Waals surface area contributed by atoms with Gasteiger partial charge in [-0.15, -0.1) is 0 Å². The fraction of sp³-hybridized carbons (Fsp3) is 0.667. The molecule has 0 saturated heterocycles. The highest BCUT2D eigenvalue weighted by Crippen LogP contribution is 2.39. The molecule has 1 fully saturated rings. The van der Waals surface area contributed by atoms with Crippen LogP contribution in [0.15, 0.2) is 18.2 Å². The van der Waals surface area contributed by atoms with Crippen molar-refractivity contribution in [3.8, 4) is 5.75 Å². The number of esters is 1. The number of hydrogen-bond acceptors (Lipinski definition) is 2. The zero-order valence-electron chi connectivity index (χ0n) is 15.1. The van der Waals surface area contributed by atoms with Crippen LogP contribution in [0.2, 0.25) is 0 Å². The number of carbonyl (C=O) groups excluding carboxylic acids is 1. The number of ether oxygens (including phenoxy) is 1. The predicted octanol–water partition coefficient (Wildman–Crippen LogP) is 6.34. The minimum absolute atomic E-state index is 0.0982. The molecule has 0 aliphatic heterocycles. The lowest BCUT2D eigenvalue weighted by Crippen LogP contribution is -2.12. The van der Waals surface area contributed by atoms with E-state index in [4.69, 9.17) is 4.74 Å². The van der Waals surface area contributed by atoms with Crippen LogP contribution < -0.4 is 4.74 Å². The molecule has 0 aromatic heterocycles. The molecule has 0 bridgehead atoms. The SMILES string of the molecule is CCCC(=O)Oc1ccc(C(C)CCC)cc1C1CCCCC1. The number of benzene rings is 1. The van der Waals surface area contributed by atoms with Crippen LogP contribution in [0.4, 0.5) is 0 Å². The first-order valence-corrected chi connectivity index (χ1v) is 9.50. The molecule has 0 spiro atoms. The van der Waals surface area contributed by atoms with Crippen molar-refractivity contribution in [3.63, 3.8) is 0 Å². The summed E-state index contributed by atoms with van der Waals surface area (Å²) in [7, 11) is 0. The largest absolute Gasteiger partial charge is 0.426 e. The van der Waals surface area contributed by atoms with Crippen LogP contribution in [0.3, 0.4) is 0 Å². The van der Waals surface area contributed by atoms with Crippen molar-refractivity contribution in [1.82, 2.24) is 0 Å². The second kappa shape index (κ2) is 9.10. The molecule has 1 aliphatic rings. The van der Waals surface area contributed by atoms with Crippen LogP contribution in [-0.4, -0.2) is 5.97 Å². The van der Waals surface area contributed by atoms with Crippen molar-refractivity contribution in [2.45, 2.75) is 90.4 Å². The summed E-state index contributed by atoms with van der Waals surface area (Å²) in [5, 5.41) is 0. The number of rotatable bonds is 7. The molecule has 0 N–H and O–H groups in total. The molecule has 0 amide bonds. The molecule has 0 radical (unpaired) electrons. The summed E-state index contributed by atoms with van der Waals surface area (Å²) in [6.07, 6.45) is 10.1. The average Bonchev–Trinajstić information content (AvgIpc) is 2.56. The minimum atomic E-state index is -0.0982. The van der Waals surface area contributed by atoms with Crippen molar-refractivity contribution >= 4 is 5.97 Å². The molecule has 128 valence electrons. The van der Waals surface area contributed by atoms with E-state index in [-0.39, 0.29) is 5.97 Å². The molecule has 2 heteroatoms. The summed E-state index contributed by atoms with van der Waals surface area (Å²) < 4.78 is 5.69. The maximum atomic E-state index is 11.9. The second-order valence-corrected chi connectivity index (χ2v) is 7.05. The van der Waals surface area contributed by atoms with Gasteiger partial charge in [-0.05, 0) is 54.7 Å². The summed E-state index contributed by atoms with van der Waals surface area (Å²) >= 11 is 0. The Labute approximate surface area is 141 Å². The van der Waals surface area contributed by atoms with Gasteiger partial charge < -0.3 is 4.74 Å². The third-order valence-electron chi connectivity index (χ3n) is 5.05. The smallest absolute Gasteiger partial charge is 0.311 e. The fourth-order valence-electron chi connectivity index (χ4n) is 3.68. The highest BCUT2D eigenvalue weighted by atomic mass is 16.5. The second-order valence-electron chi connectivity index (χ2n) is 7.05. The molecule has 1 aliphatic carbocycles. The van der Waals surface area contributed by atoms with Crippen LogP contribution in [-0.2, 0) is 4.79 Å². The topological polar surface area (TPSA) is 26.3 Å². The third kappa shape index (κ3) is 5.09. The van der Waals surface area contributed by atoms with Gasteiger partial charge >= 0.3 is 5.97 Å². The molecule has 2 nitrogen and oxygen atoms in total. The van der Waals surface area contributed by atoms with Crippen molar-refractivity contribution in [2.24, 2.45) is 0 Å². The van der Waals surface area contributed by atoms with Gasteiger partial charge in [-0.25, -0.2) is 0 Å².